The first-order valence-corrected chi connectivity index (χ1v) is 11.0. The lowest BCUT2D eigenvalue weighted by Gasteiger charge is -2.43. The number of hydrogen-bond acceptors (Lipinski definition) is 6. The third kappa shape index (κ3) is 3.53. The van der Waals surface area contributed by atoms with Gasteiger partial charge in [0.1, 0.15) is 5.56 Å². The van der Waals surface area contributed by atoms with Crippen molar-refractivity contribution in [2.24, 2.45) is 11.8 Å². The average molecular weight is 402 g/mol. The summed E-state index contributed by atoms with van der Waals surface area (Å²) in [5, 5.41) is 10.8. The minimum absolute atomic E-state index is 0.0239. The van der Waals surface area contributed by atoms with Crippen molar-refractivity contribution < 1.29 is 19.4 Å². The van der Waals surface area contributed by atoms with Crippen LogP contribution in [0.4, 0.5) is 0 Å². The van der Waals surface area contributed by atoms with Crippen molar-refractivity contribution in [1.82, 2.24) is 14.8 Å². The second kappa shape index (κ2) is 7.85. The molecule has 7 nitrogen and oxygen atoms in total. The lowest BCUT2D eigenvalue weighted by Crippen LogP contribution is -2.53. The highest BCUT2D eigenvalue weighted by molar-refractivity contribution is 5.97. The molecule has 4 aliphatic rings. The van der Waals surface area contributed by atoms with Gasteiger partial charge in [-0.2, -0.15) is 0 Å². The molecule has 1 saturated carbocycles. The molecule has 1 aromatic heterocycles. The summed E-state index contributed by atoms with van der Waals surface area (Å²) in [6, 6.07) is 2.19. The zero-order valence-corrected chi connectivity index (χ0v) is 17.2. The van der Waals surface area contributed by atoms with Crippen LogP contribution < -0.4 is 4.74 Å². The Morgan fingerprint density at radius 2 is 1.97 bits per heavy atom. The normalized spacial score (nSPS) is 32.1. The Bertz CT molecular complexity index is 780. The van der Waals surface area contributed by atoms with Gasteiger partial charge in [0.25, 0.3) is 5.91 Å². The Labute approximate surface area is 172 Å². The molecule has 7 heteroatoms. The number of aliphatic hydroxyl groups excluding tert-OH is 1. The number of morpholine rings is 1. The van der Waals surface area contributed by atoms with E-state index in [0.717, 1.165) is 77.2 Å². The molecule has 0 aromatic carbocycles. The number of carbonyl (C=O) groups excluding carboxylic acids is 1. The Morgan fingerprint density at radius 3 is 2.72 bits per heavy atom. The summed E-state index contributed by atoms with van der Waals surface area (Å²) in [4.78, 5) is 22.3. The van der Waals surface area contributed by atoms with Gasteiger partial charge in [-0.05, 0) is 55.6 Å². The average Bonchev–Trinajstić information content (AvgIpc) is 3.38. The summed E-state index contributed by atoms with van der Waals surface area (Å²) >= 11 is 0. The van der Waals surface area contributed by atoms with Crippen molar-refractivity contribution in [3.63, 3.8) is 0 Å². The lowest BCUT2D eigenvalue weighted by molar-refractivity contribution is -0.0520. The van der Waals surface area contributed by atoms with Gasteiger partial charge in [0, 0.05) is 37.9 Å². The number of aryl methyl sites for hydroxylation is 2. The second-order valence-corrected chi connectivity index (χ2v) is 8.99. The highest BCUT2D eigenvalue weighted by Crippen LogP contribution is 2.39. The van der Waals surface area contributed by atoms with Gasteiger partial charge in [0.15, 0.2) is 0 Å². The molecule has 29 heavy (non-hydrogen) atoms. The van der Waals surface area contributed by atoms with E-state index in [1.54, 1.807) is 7.11 Å². The fraction of sp³-hybridized carbons (Fsp3) is 0.727. The highest BCUT2D eigenvalue weighted by Gasteiger charge is 2.45. The summed E-state index contributed by atoms with van der Waals surface area (Å²) in [5.74, 6) is 1.30. The largest absolute Gasteiger partial charge is 0.480 e. The van der Waals surface area contributed by atoms with Crippen LogP contribution >= 0.6 is 0 Å². The summed E-state index contributed by atoms with van der Waals surface area (Å²) in [6.45, 7) is 4.74. The number of hydrogen-bond donors (Lipinski definition) is 1. The van der Waals surface area contributed by atoms with Crippen LogP contribution in [0.1, 0.15) is 40.9 Å². The molecule has 1 amide bonds. The molecule has 2 aliphatic carbocycles. The number of likely N-dealkylation sites (tertiary alicyclic amines) is 1. The number of aliphatic hydroxyl groups is 1. The summed E-state index contributed by atoms with van der Waals surface area (Å²) < 4.78 is 10.9. The molecular formula is C22H31N3O4. The summed E-state index contributed by atoms with van der Waals surface area (Å²) in [7, 11) is 1.59. The summed E-state index contributed by atoms with van der Waals surface area (Å²) in [6.07, 6.45) is 4.46. The van der Waals surface area contributed by atoms with Crippen molar-refractivity contribution in [2.75, 3.05) is 46.5 Å². The molecule has 2 aliphatic heterocycles. The lowest BCUT2D eigenvalue weighted by atomic mass is 9.77. The first-order chi connectivity index (χ1) is 14.1. The third-order valence-corrected chi connectivity index (χ3v) is 7.35. The first kappa shape index (κ1) is 19.3. The number of pyridine rings is 1. The maximum absolute atomic E-state index is 13.4. The Balaban J connectivity index is 1.31. The van der Waals surface area contributed by atoms with Gasteiger partial charge < -0.3 is 19.5 Å². The highest BCUT2D eigenvalue weighted by atomic mass is 16.5. The predicted molar refractivity (Wildman–Crippen MR) is 107 cm³/mol. The van der Waals surface area contributed by atoms with Crippen LogP contribution in [0.5, 0.6) is 5.88 Å². The minimum Gasteiger partial charge on any atom is -0.480 e. The van der Waals surface area contributed by atoms with Gasteiger partial charge >= 0.3 is 0 Å². The zero-order chi connectivity index (χ0) is 20.0. The van der Waals surface area contributed by atoms with Crippen molar-refractivity contribution in [3.8, 4) is 5.88 Å². The SMILES string of the molecule is COc1nc2c(cc1C(=O)N1C[C@H]3C[C@@H](N4CCOCC4)[C@H](O)C[C@H]3C1)CCC2. The van der Waals surface area contributed by atoms with E-state index < -0.39 is 0 Å². The first-order valence-electron chi connectivity index (χ1n) is 11.0. The van der Waals surface area contributed by atoms with E-state index in [4.69, 9.17) is 9.47 Å². The summed E-state index contributed by atoms with van der Waals surface area (Å²) in [5.41, 5.74) is 2.86. The molecule has 2 saturated heterocycles. The number of rotatable bonds is 3. The van der Waals surface area contributed by atoms with Crippen molar-refractivity contribution in [3.05, 3.63) is 22.9 Å². The smallest absolute Gasteiger partial charge is 0.259 e. The predicted octanol–water partition coefficient (Wildman–Crippen LogP) is 1.12. The molecule has 1 N–H and O–H groups in total. The second-order valence-electron chi connectivity index (χ2n) is 8.99. The Kier molecular flexibility index (Phi) is 5.22. The number of aromatic nitrogens is 1. The molecule has 3 fully saturated rings. The number of fused-ring (bicyclic) bond motifs is 2. The van der Waals surface area contributed by atoms with Crippen LogP contribution in [0.2, 0.25) is 0 Å². The van der Waals surface area contributed by atoms with Crippen molar-refractivity contribution in [2.45, 2.75) is 44.2 Å². The van der Waals surface area contributed by atoms with Gasteiger partial charge in [-0.1, -0.05) is 0 Å². The van der Waals surface area contributed by atoms with Crippen LogP contribution in [0.3, 0.4) is 0 Å². The van der Waals surface area contributed by atoms with Crippen LogP contribution in [-0.4, -0.2) is 84.4 Å². The van der Waals surface area contributed by atoms with E-state index in [-0.39, 0.29) is 18.1 Å². The third-order valence-electron chi connectivity index (χ3n) is 7.35. The van der Waals surface area contributed by atoms with Crippen LogP contribution in [0.25, 0.3) is 0 Å². The fourth-order valence-electron chi connectivity index (χ4n) is 5.81. The van der Waals surface area contributed by atoms with Crippen LogP contribution in [-0.2, 0) is 17.6 Å². The topological polar surface area (TPSA) is 75.1 Å². The quantitative estimate of drug-likeness (QED) is 0.818. The van der Waals surface area contributed by atoms with Gasteiger partial charge in [0.05, 0.1) is 26.4 Å². The maximum atomic E-state index is 13.4. The van der Waals surface area contributed by atoms with E-state index in [1.165, 1.54) is 5.56 Å². The van der Waals surface area contributed by atoms with Gasteiger partial charge in [0.2, 0.25) is 5.88 Å². The molecule has 0 unspecified atom stereocenters. The van der Waals surface area contributed by atoms with Crippen LogP contribution in [0, 0.1) is 11.8 Å². The number of amides is 1. The van der Waals surface area contributed by atoms with Crippen molar-refractivity contribution >= 4 is 5.91 Å². The van der Waals surface area contributed by atoms with Crippen molar-refractivity contribution in [1.29, 1.82) is 0 Å². The molecule has 4 atom stereocenters. The molecule has 0 radical (unpaired) electrons. The van der Waals surface area contributed by atoms with Crippen LogP contribution in [0.15, 0.2) is 6.07 Å². The molecule has 0 bridgehead atoms. The number of nitrogens with zero attached hydrogens (tertiary/aromatic N) is 3. The van der Waals surface area contributed by atoms with E-state index in [9.17, 15) is 9.90 Å². The van der Waals surface area contributed by atoms with Gasteiger partial charge in [-0.3, -0.25) is 9.69 Å². The number of ether oxygens (including phenoxy) is 2. The standard InChI is InChI=1S/C22H31N3O4/c1-28-21-17(9-14-3-2-4-18(14)23-21)22(27)25-12-15-10-19(20(26)11-16(15)13-25)24-5-7-29-8-6-24/h9,15-16,19-20,26H,2-8,10-13H2,1H3/t15-,16+,19-,20-/m1/s1. The molecule has 158 valence electrons. The molecule has 5 rings (SSSR count). The zero-order valence-electron chi connectivity index (χ0n) is 17.2. The van der Waals surface area contributed by atoms with Gasteiger partial charge in [-0.25, -0.2) is 4.98 Å². The minimum atomic E-state index is -0.319. The molecular weight excluding hydrogens is 370 g/mol. The Hall–Kier alpha value is -1.70. The Morgan fingerprint density at radius 1 is 1.21 bits per heavy atom. The van der Waals surface area contributed by atoms with E-state index in [1.807, 2.05) is 11.0 Å². The molecule has 3 heterocycles. The van der Waals surface area contributed by atoms with E-state index >= 15 is 0 Å². The molecule has 1 aromatic rings. The van der Waals surface area contributed by atoms with E-state index in [2.05, 4.69) is 9.88 Å². The van der Waals surface area contributed by atoms with E-state index in [0.29, 0.717) is 23.3 Å². The number of methoxy groups -OCH3 is 1. The van der Waals surface area contributed by atoms with Gasteiger partial charge in [-0.15, -0.1) is 0 Å². The monoisotopic (exact) mass is 401 g/mol. The number of carbonyl (C=O) groups is 1. The fourth-order valence-corrected chi connectivity index (χ4v) is 5.81. The molecule has 0 spiro atoms. The maximum Gasteiger partial charge on any atom is 0.259 e.